The summed E-state index contributed by atoms with van der Waals surface area (Å²) in [4.78, 5) is 15.2. The molecule has 1 aromatic carbocycles. The third-order valence-corrected chi connectivity index (χ3v) is 7.82. The molecule has 5 rings (SSSR count). The van der Waals surface area contributed by atoms with Gasteiger partial charge < -0.3 is 9.73 Å². The van der Waals surface area contributed by atoms with Gasteiger partial charge in [-0.2, -0.15) is 0 Å². The molecule has 1 unspecified atom stereocenters. The predicted molar refractivity (Wildman–Crippen MR) is 133 cm³/mol. The molecule has 2 fully saturated rings. The Bertz CT molecular complexity index is 1020. The van der Waals surface area contributed by atoms with Crippen LogP contribution in [0.25, 0.3) is 11.3 Å². The first-order chi connectivity index (χ1) is 16.2. The first kappa shape index (κ1) is 22.5. The van der Waals surface area contributed by atoms with Crippen LogP contribution in [-0.4, -0.2) is 29.9 Å². The number of nitrogens with one attached hydrogen (secondary N) is 1. The number of amides is 1. The second-order valence-electron chi connectivity index (χ2n) is 9.76. The highest BCUT2D eigenvalue weighted by molar-refractivity contribution is 6.30. The molecular formula is C28H33ClN2O2. The summed E-state index contributed by atoms with van der Waals surface area (Å²) in [7, 11) is 0. The monoisotopic (exact) mass is 464 g/mol. The van der Waals surface area contributed by atoms with Crippen molar-refractivity contribution in [2.75, 3.05) is 13.1 Å². The Morgan fingerprint density at radius 1 is 1.03 bits per heavy atom. The fourth-order valence-corrected chi connectivity index (χ4v) is 5.74. The van der Waals surface area contributed by atoms with Gasteiger partial charge in [0.1, 0.15) is 5.76 Å². The van der Waals surface area contributed by atoms with Crippen LogP contribution in [0.5, 0.6) is 0 Å². The predicted octanol–water partition coefficient (Wildman–Crippen LogP) is 6.94. The number of rotatable bonds is 6. The summed E-state index contributed by atoms with van der Waals surface area (Å²) in [5, 5.41) is 3.88. The SMILES string of the molecule is O=C(NC1CCC(CCN2CCCCC2c2coc3cccc-3c2)CC1)c1ccc(Cl)cc1. The molecule has 4 nitrogen and oxygen atoms in total. The molecule has 2 aliphatic carbocycles. The van der Waals surface area contributed by atoms with E-state index in [1.807, 2.05) is 12.3 Å². The van der Waals surface area contributed by atoms with Crippen LogP contribution in [0.4, 0.5) is 0 Å². The summed E-state index contributed by atoms with van der Waals surface area (Å²) in [6.45, 7) is 2.33. The quantitative estimate of drug-likeness (QED) is 0.429. The van der Waals surface area contributed by atoms with Crippen LogP contribution in [0.15, 0.2) is 59.2 Å². The van der Waals surface area contributed by atoms with E-state index in [9.17, 15) is 4.79 Å². The van der Waals surface area contributed by atoms with Gasteiger partial charge in [0, 0.05) is 33.8 Å². The summed E-state index contributed by atoms with van der Waals surface area (Å²) in [6.07, 6.45) is 11.5. The average molecular weight is 465 g/mol. The van der Waals surface area contributed by atoms with Gasteiger partial charge in [0.15, 0.2) is 0 Å². The van der Waals surface area contributed by atoms with Crippen LogP contribution >= 0.6 is 11.6 Å². The normalized spacial score (nSPS) is 24.1. The van der Waals surface area contributed by atoms with Gasteiger partial charge in [0.25, 0.3) is 5.91 Å². The van der Waals surface area contributed by atoms with Crippen LogP contribution < -0.4 is 5.32 Å². The van der Waals surface area contributed by atoms with Crippen LogP contribution in [0.3, 0.4) is 0 Å². The molecule has 33 heavy (non-hydrogen) atoms. The van der Waals surface area contributed by atoms with Gasteiger partial charge in [0.2, 0.25) is 0 Å². The fourth-order valence-electron chi connectivity index (χ4n) is 5.61. The molecule has 1 atom stereocenters. The standard InChI is InChI=1S/C28H33ClN2O2/c29-24-11-9-21(10-12-24)28(32)30-25-13-7-20(8-14-25)15-17-31-16-2-1-5-26(31)23-18-22-4-3-6-27(22)33-19-23/h3-4,6,9-12,18-20,25-26H,1-2,5,7-8,13-17H2,(H,30,32). The Kier molecular flexibility index (Phi) is 7.03. The Morgan fingerprint density at radius 2 is 1.85 bits per heavy atom. The fraction of sp³-hybridized carbons (Fsp3) is 0.464. The number of halogens is 1. The molecular weight excluding hydrogens is 432 g/mol. The Hall–Kier alpha value is -2.30. The zero-order valence-electron chi connectivity index (χ0n) is 19.1. The molecule has 1 aromatic rings. The number of likely N-dealkylation sites (tertiary alicyclic amines) is 1. The zero-order chi connectivity index (χ0) is 22.6. The molecule has 5 heteroatoms. The van der Waals surface area contributed by atoms with Gasteiger partial charge in [-0.25, -0.2) is 0 Å². The maximum Gasteiger partial charge on any atom is 0.251 e. The van der Waals surface area contributed by atoms with Crippen molar-refractivity contribution in [2.24, 2.45) is 5.92 Å². The number of carbonyl (C=O) groups is 1. The number of benzene rings is 1. The molecule has 0 bridgehead atoms. The summed E-state index contributed by atoms with van der Waals surface area (Å²) in [6, 6.07) is 16.4. The minimum Gasteiger partial charge on any atom is -0.464 e. The molecule has 0 radical (unpaired) electrons. The molecule has 1 amide bonds. The maximum absolute atomic E-state index is 12.5. The highest BCUT2D eigenvalue weighted by atomic mass is 35.5. The number of fused-ring (bicyclic) bond motifs is 1. The van der Waals surface area contributed by atoms with E-state index >= 15 is 0 Å². The van der Waals surface area contributed by atoms with Gasteiger partial charge in [-0.3, -0.25) is 9.69 Å². The van der Waals surface area contributed by atoms with Crippen molar-refractivity contribution in [3.63, 3.8) is 0 Å². The highest BCUT2D eigenvalue weighted by Crippen LogP contribution is 2.36. The summed E-state index contributed by atoms with van der Waals surface area (Å²) < 4.78 is 5.89. The Labute approximate surface area is 201 Å². The molecule has 1 N–H and O–H groups in total. The van der Waals surface area contributed by atoms with Gasteiger partial charge in [-0.15, -0.1) is 0 Å². The van der Waals surface area contributed by atoms with E-state index in [4.69, 9.17) is 16.0 Å². The van der Waals surface area contributed by atoms with Crippen molar-refractivity contribution in [3.8, 4) is 11.3 Å². The molecule has 1 saturated heterocycles. The van der Waals surface area contributed by atoms with E-state index in [1.54, 1.807) is 24.3 Å². The summed E-state index contributed by atoms with van der Waals surface area (Å²) in [5.41, 5.74) is 3.21. The molecule has 0 aromatic heterocycles. The lowest BCUT2D eigenvalue weighted by Crippen LogP contribution is -2.39. The lowest BCUT2D eigenvalue weighted by molar-refractivity contribution is 0.0915. The van der Waals surface area contributed by atoms with E-state index in [2.05, 4.69) is 28.4 Å². The van der Waals surface area contributed by atoms with Crippen molar-refractivity contribution < 1.29 is 9.21 Å². The maximum atomic E-state index is 12.5. The van der Waals surface area contributed by atoms with Crippen molar-refractivity contribution in [2.45, 2.75) is 63.5 Å². The zero-order valence-corrected chi connectivity index (χ0v) is 19.9. The molecule has 2 heterocycles. The van der Waals surface area contributed by atoms with E-state index in [0.29, 0.717) is 16.6 Å². The highest BCUT2D eigenvalue weighted by Gasteiger charge is 2.28. The Balaban J connectivity index is 1.11. The first-order valence-corrected chi connectivity index (χ1v) is 12.8. The minimum absolute atomic E-state index is 0.0125. The molecule has 1 saturated carbocycles. The Morgan fingerprint density at radius 3 is 2.67 bits per heavy atom. The molecule has 0 spiro atoms. The number of piperidine rings is 1. The topological polar surface area (TPSA) is 45.5 Å². The lowest BCUT2D eigenvalue weighted by atomic mass is 9.83. The van der Waals surface area contributed by atoms with Crippen LogP contribution in [0.2, 0.25) is 5.02 Å². The van der Waals surface area contributed by atoms with Gasteiger partial charge in [0.05, 0.1) is 6.26 Å². The van der Waals surface area contributed by atoms with Crippen LogP contribution in [0, 0.1) is 5.92 Å². The largest absolute Gasteiger partial charge is 0.464 e. The smallest absolute Gasteiger partial charge is 0.251 e. The third kappa shape index (κ3) is 5.44. The van der Waals surface area contributed by atoms with Crippen LogP contribution in [-0.2, 0) is 0 Å². The summed E-state index contributed by atoms with van der Waals surface area (Å²) in [5.74, 6) is 1.73. The van der Waals surface area contributed by atoms with E-state index in [-0.39, 0.29) is 11.9 Å². The van der Waals surface area contributed by atoms with Gasteiger partial charge in [-0.1, -0.05) is 30.2 Å². The van der Waals surface area contributed by atoms with E-state index in [0.717, 1.165) is 31.1 Å². The summed E-state index contributed by atoms with van der Waals surface area (Å²) >= 11 is 5.93. The lowest BCUT2D eigenvalue weighted by Gasteiger charge is -2.37. The van der Waals surface area contributed by atoms with Crippen molar-refractivity contribution in [1.82, 2.24) is 10.2 Å². The van der Waals surface area contributed by atoms with E-state index in [1.165, 1.54) is 56.2 Å². The second-order valence-corrected chi connectivity index (χ2v) is 10.2. The van der Waals surface area contributed by atoms with E-state index < -0.39 is 0 Å². The molecule has 174 valence electrons. The van der Waals surface area contributed by atoms with Gasteiger partial charge >= 0.3 is 0 Å². The first-order valence-electron chi connectivity index (χ1n) is 12.4. The van der Waals surface area contributed by atoms with Crippen molar-refractivity contribution in [3.05, 3.63) is 70.9 Å². The minimum atomic E-state index is 0.0125. The second kappa shape index (κ2) is 10.3. The van der Waals surface area contributed by atoms with Gasteiger partial charge in [-0.05, 0) is 100 Å². The van der Waals surface area contributed by atoms with Crippen molar-refractivity contribution in [1.29, 1.82) is 0 Å². The molecule has 4 aliphatic rings. The number of hydrogen-bond acceptors (Lipinski definition) is 3. The number of carbonyl (C=O) groups excluding carboxylic acids is 1. The number of nitrogens with zero attached hydrogens (tertiary/aromatic N) is 1. The molecule has 2 aliphatic heterocycles. The number of hydrogen-bond donors (Lipinski definition) is 1. The van der Waals surface area contributed by atoms with Crippen LogP contribution in [0.1, 0.15) is 73.3 Å². The van der Waals surface area contributed by atoms with Crippen molar-refractivity contribution >= 4 is 17.5 Å². The average Bonchev–Trinajstić information content (AvgIpc) is 3.32. The third-order valence-electron chi connectivity index (χ3n) is 7.56.